The Morgan fingerprint density at radius 2 is 2.33 bits per heavy atom. The number of hydrogen-bond donors (Lipinski definition) is 1. The van der Waals surface area contributed by atoms with Crippen molar-refractivity contribution in [2.45, 2.75) is 45.1 Å². The summed E-state index contributed by atoms with van der Waals surface area (Å²) in [5.74, 6) is 0. The molecule has 0 saturated carbocycles. The summed E-state index contributed by atoms with van der Waals surface area (Å²) >= 11 is 0. The van der Waals surface area contributed by atoms with Gasteiger partial charge in [-0.25, -0.2) is 0 Å². The molecule has 86 valence electrons. The molecule has 1 N–H and O–H groups in total. The van der Waals surface area contributed by atoms with Crippen LogP contribution >= 0.6 is 0 Å². The van der Waals surface area contributed by atoms with Gasteiger partial charge in [-0.3, -0.25) is 4.90 Å². The summed E-state index contributed by atoms with van der Waals surface area (Å²) < 4.78 is 0. The van der Waals surface area contributed by atoms with Crippen LogP contribution in [0.4, 0.5) is 0 Å². The molecule has 1 atom stereocenters. The van der Waals surface area contributed by atoms with Crippen molar-refractivity contribution < 1.29 is 0 Å². The Labute approximate surface area is 93.7 Å². The Morgan fingerprint density at radius 3 is 3.13 bits per heavy atom. The third-order valence-electron chi connectivity index (χ3n) is 3.49. The quantitative estimate of drug-likeness (QED) is 0.700. The summed E-state index contributed by atoms with van der Waals surface area (Å²) in [6.07, 6.45) is 9.26. The van der Waals surface area contributed by atoms with E-state index < -0.39 is 0 Å². The smallest absolute Gasteiger partial charge is 0.0193 e. The molecule has 2 aliphatic rings. The maximum Gasteiger partial charge on any atom is 0.0193 e. The maximum absolute atomic E-state index is 3.55. The van der Waals surface area contributed by atoms with E-state index in [-0.39, 0.29) is 0 Å². The highest BCUT2D eigenvalue weighted by atomic mass is 15.2. The normalized spacial score (nSPS) is 29.7. The van der Waals surface area contributed by atoms with Crippen LogP contribution in [-0.2, 0) is 0 Å². The SMILES string of the molecule is CC1CN(CC2=CCCCC2)CCCN1. The highest BCUT2D eigenvalue weighted by Gasteiger charge is 2.15. The van der Waals surface area contributed by atoms with Crippen molar-refractivity contribution in [1.29, 1.82) is 0 Å². The molecule has 1 aliphatic carbocycles. The lowest BCUT2D eigenvalue weighted by Gasteiger charge is -2.25. The molecule has 2 rings (SSSR count). The molecule has 0 aromatic rings. The lowest BCUT2D eigenvalue weighted by atomic mass is 9.99. The fraction of sp³-hybridized carbons (Fsp3) is 0.846. The second-order valence-corrected chi connectivity index (χ2v) is 5.05. The molecule has 1 unspecified atom stereocenters. The maximum atomic E-state index is 3.55. The van der Waals surface area contributed by atoms with Gasteiger partial charge in [-0.05, 0) is 52.1 Å². The van der Waals surface area contributed by atoms with Gasteiger partial charge in [0.15, 0.2) is 0 Å². The predicted octanol–water partition coefficient (Wildman–Crippen LogP) is 2.17. The molecule has 1 heterocycles. The van der Waals surface area contributed by atoms with Gasteiger partial charge in [0.25, 0.3) is 0 Å². The van der Waals surface area contributed by atoms with Gasteiger partial charge in [-0.15, -0.1) is 0 Å². The van der Waals surface area contributed by atoms with Crippen LogP contribution in [0, 0.1) is 0 Å². The highest BCUT2D eigenvalue weighted by molar-refractivity contribution is 5.07. The van der Waals surface area contributed by atoms with E-state index in [0.29, 0.717) is 6.04 Å². The van der Waals surface area contributed by atoms with Crippen molar-refractivity contribution in [2.24, 2.45) is 0 Å². The number of hydrogen-bond acceptors (Lipinski definition) is 2. The summed E-state index contributed by atoms with van der Waals surface area (Å²) in [6.45, 7) is 7.21. The predicted molar refractivity (Wildman–Crippen MR) is 65.1 cm³/mol. The van der Waals surface area contributed by atoms with E-state index >= 15 is 0 Å². The number of allylic oxidation sites excluding steroid dienone is 1. The van der Waals surface area contributed by atoms with E-state index in [0.717, 1.165) is 0 Å². The molecule has 15 heavy (non-hydrogen) atoms. The number of nitrogens with one attached hydrogen (secondary N) is 1. The Balaban J connectivity index is 1.83. The summed E-state index contributed by atoms with van der Waals surface area (Å²) in [7, 11) is 0. The molecule has 1 fully saturated rings. The van der Waals surface area contributed by atoms with Gasteiger partial charge in [0, 0.05) is 19.1 Å². The fourth-order valence-corrected chi connectivity index (χ4v) is 2.67. The van der Waals surface area contributed by atoms with Crippen molar-refractivity contribution in [3.8, 4) is 0 Å². The van der Waals surface area contributed by atoms with Crippen LogP contribution in [0.1, 0.15) is 39.0 Å². The molecule has 2 nitrogen and oxygen atoms in total. The largest absolute Gasteiger partial charge is 0.313 e. The lowest BCUT2D eigenvalue weighted by Crippen LogP contribution is -2.36. The average Bonchev–Trinajstić information content (AvgIpc) is 2.44. The number of rotatable bonds is 2. The van der Waals surface area contributed by atoms with E-state index in [2.05, 4.69) is 23.2 Å². The highest BCUT2D eigenvalue weighted by Crippen LogP contribution is 2.18. The van der Waals surface area contributed by atoms with Crippen molar-refractivity contribution in [1.82, 2.24) is 10.2 Å². The Bertz CT molecular complexity index is 223. The van der Waals surface area contributed by atoms with Crippen molar-refractivity contribution >= 4 is 0 Å². The van der Waals surface area contributed by atoms with Crippen molar-refractivity contribution in [3.05, 3.63) is 11.6 Å². The van der Waals surface area contributed by atoms with E-state index in [1.165, 1.54) is 58.3 Å². The first-order valence-corrected chi connectivity index (χ1v) is 6.48. The van der Waals surface area contributed by atoms with Gasteiger partial charge in [0.05, 0.1) is 0 Å². The fourth-order valence-electron chi connectivity index (χ4n) is 2.67. The molecule has 0 bridgehead atoms. The number of nitrogens with zero attached hydrogens (tertiary/aromatic N) is 1. The zero-order valence-corrected chi connectivity index (χ0v) is 9.97. The minimum atomic E-state index is 0.664. The molecule has 0 aromatic carbocycles. The van der Waals surface area contributed by atoms with E-state index in [1.807, 2.05) is 0 Å². The molecule has 0 aromatic heterocycles. The topological polar surface area (TPSA) is 15.3 Å². The Kier molecular flexibility index (Phi) is 4.21. The van der Waals surface area contributed by atoms with E-state index in [4.69, 9.17) is 0 Å². The van der Waals surface area contributed by atoms with Crippen molar-refractivity contribution in [3.63, 3.8) is 0 Å². The van der Waals surface area contributed by atoms with Crippen LogP contribution in [0.25, 0.3) is 0 Å². The van der Waals surface area contributed by atoms with Crippen LogP contribution in [0.15, 0.2) is 11.6 Å². The van der Waals surface area contributed by atoms with Gasteiger partial charge in [0.2, 0.25) is 0 Å². The minimum Gasteiger partial charge on any atom is -0.313 e. The van der Waals surface area contributed by atoms with Crippen LogP contribution < -0.4 is 5.32 Å². The van der Waals surface area contributed by atoms with Gasteiger partial charge in [-0.2, -0.15) is 0 Å². The summed E-state index contributed by atoms with van der Waals surface area (Å²) in [4.78, 5) is 2.63. The zero-order chi connectivity index (χ0) is 10.5. The molecular formula is C13H24N2. The summed E-state index contributed by atoms with van der Waals surface area (Å²) in [6, 6.07) is 0.664. The third kappa shape index (κ3) is 3.62. The summed E-state index contributed by atoms with van der Waals surface area (Å²) in [5, 5.41) is 3.55. The van der Waals surface area contributed by atoms with Gasteiger partial charge in [0.1, 0.15) is 0 Å². The second kappa shape index (κ2) is 5.66. The minimum absolute atomic E-state index is 0.664. The first kappa shape index (κ1) is 11.2. The average molecular weight is 208 g/mol. The van der Waals surface area contributed by atoms with E-state index in [1.54, 1.807) is 5.57 Å². The molecule has 1 aliphatic heterocycles. The monoisotopic (exact) mass is 208 g/mol. The first-order chi connectivity index (χ1) is 7.34. The van der Waals surface area contributed by atoms with Crippen LogP contribution in [0.5, 0.6) is 0 Å². The Hall–Kier alpha value is -0.340. The first-order valence-electron chi connectivity index (χ1n) is 6.48. The molecule has 0 radical (unpaired) electrons. The van der Waals surface area contributed by atoms with Crippen LogP contribution in [0.3, 0.4) is 0 Å². The standard InChI is InChI=1S/C13H24N2/c1-12-10-15(9-5-8-14-12)11-13-6-3-2-4-7-13/h6,12,14H,2-5,7-11H2,1H3. The molecule has 0 amide bonds. The molecule has 0 spiro atoms. The molecule has 1 saturated heterocycles. The molecular weight excluding hydrogens is 184 g/mol. The zero-order valence-electron chi connectivity index (χ0n) is 9.97. The van der Waals surface area contributed by atoms with Crippen LogP contribution in [-0.4, -0.2) is 37.1 Å². The van der Waals surface area contributed by atoms with Gasteiger partial charge < -0.3 is 5.32 Å². The van der Waals surface area contributed by atoms with Crippen LogP contribution in [0.2, 0.25) is 0 Å². The Morgan fingerprint density at radius 1 is 1.40 bits per heavy atom. The van der Waals surface area contributed by atoms with Gasteiger partial charge >= 0.3 is 0 Å². The molecule has 2 heteroatoms. The van der Waals surface area contributed by atoms with Gasteiger partial charge in [-0.1, -0.05) is 11.6 Å². The third-order valence-corrected chi connectivity index (χ3v) is 3.49. The second-order valence-electron chi connectivity index (χ2n) is 5.05. The van der Waals surface area contributed by atoms with E-state index in [9.17, 15) is 0 Å². The van der Waals surface area contributed by atoms with Crippen molar-refractivity contribution in [2.75, 3.05) is 26.2 Å². The summed E-state index contributed by atoms with van der Waals surface area (Å²) in [5.41, 5.74) is 1.69. The lowest BCUT2D eigenvalue weighted by molar-refractivity contribution is 0.290.